The molecule has 0 amide bonds. The van der Waals surface area contributed by atoms with Crippen LogP contribution in [0.5, 0.6) is 0 Å². The van der Waals surface area contributed by atoms with Crippen LogP contribution in [0.15, 0.2) is 70.4 Å². The smallest absolute Gasteiger partial charge is 0.336 e. The number of ether oxygens (including phenoxy) is 1. The van der Waals surface area contributed by atoms with Gasteiger partial charge in [-0.25, -0.2) is 13.2 Å². The predicted octanol–water partition coefficient (Wildman–Crippen LogP) is 3.86. The van der Waals surface area contributed by atoms with Crippen molar-refractivity contribution in [1.29, 1.82) is 0 Å². The molecule has 36 heavy (non-hydrogen) atoms. The Morgan fingerprint density at radius 1 is 1.14 bits per heavy atom. The zero-order valence-electron chi connectivity index (χ0n) is 20.2. The Morgan fingerprint density at radius 3 is 2.64 bits per heavy atom. The molecule has 2 aromatic carbocycles. The fourth-order valence-electron chi connectivity index (χ4n) is 4.56. The quantitative estimate of drug-likeness (QED) is 0.507. The Labute approximate surface area is 222 Å². The summed E-state index contributed by atoms with van der Waals surface area (Å²) in [5.74, 6) is -1.60. The van der Waals surface area contributed by atoms with Gasteiger partial charge in [0.2, 0.25) is 0 Å². The summed E-state index contributed by atoms with van der Waals surface area (Å²) >= 11 is 12.9. The highest BCUT2D eigenvalue weighted by Crippen LogP contribution is 2.45. The van der Waals surface area contributed by atoms with E-state index in [2.05, 4.69) is 15.5 Å². The van der Waals surface area contributed by atoms with E-state index >= 15 is 0 Å². The number of nitrogens with zero attached hydrogens (tertiary/aromatic N) is 1. The molecular formula is C26H29Cl2N3O4S. The van der Waals surface area contributed by atoms with Crippen LogP contribution >= 0.6 is 23.2 Å². The van der Waals surface area contributed by atoms with Crippen molar-refractivity contribution >= 4 is 39.0 Å². The molecule has 0 fully saturated rings. The van der Waals surface area contributed by atoms with Crippen molar-refractivity contribution in [2.45, 2.75) is 19.4 Å². The standard InChI is InChI=1S/C26H29Cl2N3O4S/c1-17-22(26(32)35-13-12-31(2)16-18-7-4-3-5-8-18)23(19-9-6-10-20(27)24(19)28)25-21(30-17)15-29-11-14-36(25,33)34/h3-10,23,29-30H,11-16H2,1-2H3. The van der Waals surface area contributed by atoms with Gasteiger partial charge >= 0.3 is 5.97 Å². The normalized spacial score (nSPS) is 19.5. The van der Waals surface area contributed by atoms with Crippen LogP contribution in [0.25, 0.3) is 0 Å². The Kier molecular flexibility index (Phi) is 8.42. The van der Waals surface area contributed by atoms with Crippen molar-refractivity contribution in [3.8, 4) is 0 Å². The summed E-state index contributed by atoms with van der Waals surface area (Å²) in [6, 6.07) is 15.0. The number of nitrogens with one attached hydrogen (secondary N) is 2. The summed E-state index contributed by atoms with van der Waals surface area (Å²) in [6.07, 6.45) is 0. The van der Waals surface area contributed by atoms with E-state index in [4.69, 9.17) is 27.9 Å². The summed E-state index contributed by atoms with van der Waals surface area (Å²) in [5.41, 5.74) is 2.86. The van der Waals surface area contributed by atoms with Gasteiger partial charge in [-0.15, -0.1) is 0 Å². The highest BCUT2D eigenvalue weighted by molar-refractivity contribution is 7.95. The van der Waals surface area contributed by atoms with Crippen LogP contribution in [-0.4, -0.2) is 58.3 Å². The fourth-order valence-corrected chi connectivity index (χ4v) is 6.72. The highest BCUT2D eigenvalue weighted by Gasteiger charge is 2.42. The molecule has 2 aliphatic rings. The van der Waals surface area contributed by atoms with E-state index in [9.17, 15) is 13.2 Å². The number of hydrogen-bond acceptors (Lipinski definition) is 7. The minimum Gasteiger partial charge on any atom is -0.461 e. The largest absolute Gasteiger partial charge is 0.461 e. The van der Waals surface area contributed by atoms with E-state index in [-0.39, 0.29) is 32.9 Å². The molecule has 10 heteroatoms. The molecule has 0 radical (unpaired) electrons. The number of allylic oxidation sites excluding steroid dienone is 2. The average molecular weight is 551 g/mol. The average Bonchev–Trinajstić information content (AvgIpc) is 2.98. The first-order chi connectivity index (χ1) is 17.2. The number of dihydropyridines is 1. The maximum atomic E-state index is 13.5. The Hall–Kier alpha value is -2.36. The molecule has 7 nitrogen and oxygen atoms in total. The van der Waals surface area contributed by atoms with Crippen molar-refractivity contribution in [3.05, 3.63) is 91.6 Å². The Morgan fingerprint density at radius 2 is 1.89 bits per heavy atom. The zero-order chi connectivity index (χ0) is 25.9. The third kappa shape index (κ3) is 5.79. The number of likely N-dealkylation sites (N-methyl/N-ethyl adjacent to an activating group) is 1. The number of carbonyl (C=O) groups is 1. The zero-order valence-corrected chi connectivity index (χ0v) is 22.5. The van der Waals surface area contributed by atoms with Gasteiger partial charge in [0.1, 0.15) is 6.61 Å². The van der Waals surface area contributed by atoms with Crippen LogP contribution in [-0.2, 0) is 25.9 Å². The molecule has 2 aromatic rings. The first kappa shape index (κ1) is 26.7. The van der Waals surface area contributed by atoms with Crippen LogP contribution in [0.3, 0.4) is 0 Å². The molecule has 4 rings (SSSR count). The number of esters is 1. The van der Waals surface area contributed by atoms with E-state index in [1.165, 1.54) is 0 Å². The lowest BCUT2D eigenvalue weighted by Crippen LogP contribution is -2.35. The molecule has 0 aliphatic carbocycles. The second-order valence-electron chi connectivity index (χ2n) is 8.94. The van der Waals surface area contributed by atoms with Crippen LogP contribution in [0.2, 0.25) is 10.0 Å². The molecule has 0 bridgehead atoms. The third-order valence-corrected chi connectivity index (χ3v) is 9.02. The molecule has 2 heterocycles. The van der Waals surface area contributed by atoms with Gasteiger partial charge in [0, 0.05) is 37.6 Å². The topological polar surface area (TPSA) is 87.7 Å². The molecule has 0 saturated carbocycles. The van der Waals surface area contributed by atoms with Crippen molar-refractivity contribution in [3.63, 3.8) is 0 Å². The van der Waals surface area contributed by atoms with Gasteiger partial charge in [0.15, 0.2) is 9.84 Å². The molecule has 1 atom stereocenters. The first-order valence-corrected chi connectivity index (χ1v) is 14.1. The summed E-state index contributed by atoms with van der Waals surface area (Å²) in [7, 11) is -1.75. The van der Waals surface area contributed by atoms with Crippen LogP contribution in [0.4, 0.5) is 0 Å². The van der Waals surface area contributed by atoms with Gasteiger partial charge in [0.25, 0.3) is 0 Å². The van der Waals surface area contributed by atoms with Gasteiger partial charge in [0.05, 0.1) is 32.2 Å². The van der Waals surface area contributed by atoms with Crippen LogP contribution < -0.4 is 10.6 Å². The highest BCUT2D eigenvalue weighted by atomic mass is 35.5. The van der Waals surface area contributed by atoms with E-state index in [0.717, 1.165) is 5.56 Å². The van der Waals surface area contributed by atoms with Gasteiger partial charge in [-0.2, -0.15) is 0 Å². The monoisotopic (exact) mass is 549 g/mol. The van der Waals surface area contributed by atoms with E-state index < -0.39 is 21.7 Å². The molecule has 0 spiro atoms. The summed E-state index contributed by atoms with van der Waals surface area (Å²) in [5, 5.41) is 6.77. The molecule has 2 aliphatic heterocycles. The number of sulfone groups is 1. The van der Waals surface area contributed by atoms with Crippen molar-refractivity contribution in [1.82, 2.24) is 15.5 Å². The lowest BCUT2D eigenvalue weighted by Gasteiger charge is -2.32. The van der Waals surface area contributed by atoms with Crippen molar-refractivity contribution in [2.75, 3.05) is 39.0 Å². The minimum atomic E-state index is -3.70. The van der Waals surface area contributed by atoms with E-state index in [1.807, 2.05) is 37.4 Å². The van der Waals surface area contributed by atoms with Crippen LogP contribution in [0.1, 0.15) is 24.0 Å². The molecule has 192 valence electrons. The predicted molar refractivity (Wildman–Crippen MR) is 142 cm³/mol. The Balaban J connectivity index is 1.61. The second-order valence-corrected chi connectivity index (χ2v) is 11.8. The lowest BCUT2D eigenvalue weighted by molar-refractivity contribution is -0.139. The SMILES string of the molecule is CC1=C(C(=O)OCCN(C)Cc2ccccc2)C(c2cccc(Cl)c2Cl)C2=C(CNCCS2(=O)=O)N1. The number of halogens is 2. The summed E-state index contributed by atoms with van der Waals surface area (Å²) in [4.78, 5) is 15.6. The van der Waals surface area contributed by atoms with E-state index in [1.54, 1.807) is 25.1 Å². The molecular weight excluding hydrogens is 521 g/mol. The summed E-state index contributed by atoms with van der Waals surface area (Å²) < 4.78 is 32.4. The lowest BCUT2D eigenvalue weighted by atomic mass is 9.86. The summed E-state index contributed by atoms with van der Waals surface area (Å²) in [6.45, 7) is 3.75. The van der Waals surface area contributed by atoms with Gasteiger partial charge in [-0.3, -0.25) is 4.90 Å². The molecule has 0 aromatic heterocycles. The van der Waals surface area contributed by atoms with Crippen LogP contribution in [0, 0.1) is 0 Å². The van der Waals surface area contributed by atoms with Crippen molar-refractivity contribution < 1.29 is 17.9 Å². The van der Waals surface area contributed by atoms with Gasteiger partial charge in [-0.1, -0.05) is 65.7 Å². The third-order valence-electron chi connectivity index (χ3n) is 6.29. The Bertz CT molecular complexity index is 1310. The number of benzene rings is 2. The number of hydrogen-bond donors (Lipinski definition) is 2. The van der Waals surface area contributed by atoms with Gasteiger partial charge < -0.3 is 15.4 Å². The van der Waals surface area contributed by atoms with Crippen molar-refractivity contribution in [2.24, 2.45) is 0 Å². The fraction of sp³-hybridized carbons (Fsp3) is 0.346. The molecule has 2 N–H and O–H groups in total. The minimum absolute atomic E-state index is 0.0894. The van der Waals surface area contributed by atoms with E-state index in [0.29, 0.717) is 43.1 Å². The number of carbonyl (C=O) groups excluding carboxylic acids is 1. The van der Waals surface area contributed by atoms with Gasteiger partial charge in [-0.05, 0) is 31.2 Å². The maximum Gasteiger partial charge on any atom is 0.336 e. The molecule has 0 saturated heterocycles. The maximum absolute atomic E-state index is 13.5. The second kappa shape index (κ2) is 11.4. The first-order valence-electron chi connectivity index (χ1n) is 11.7. The molecule has 1 unspecified atom stereocenters. The number of rotatable bonds is 7.